The van der Waals surface area contributed by atoms with E-state index in [2.05, 4.69) is 0 Å². The van der Waals surface area contributed by atoms with E-state index in [1.807, 2.05) is 5.10 Å². The highest BCUT2D eigenvalue weighted by atomic mass is 16.7. The van der Waals surface area contributed by atoms with E-state index < -0.39 is 69.6 Å². The molecule has 14 heteroatoms. The molecule has 1 atom stereocenters. The number of H-pyrrole nitrogens is 1. The van der Waals surface area contributed by atoms with Crippen LogP contribution in [0.25, 0.3) is 0 Å². The first-order valence-electron chi connectivity index (χ1n) is 7.83. The number of aromatic amines is 1. The molecule has 0 fully saturated rings. The van der Waals surface area contributed by atoms with Crippen LogP contribution in [0.15, 0.2) is 4.79 Å². The summed E-state index contributed by atoms with van der Waals surface area (Å²) < 4.78 is 5.78. The summed E-state index contributed by atoms with van der Waals surface area (Å²) in [4.78, 5) is 12.6. The van der Waals surface area contributed by atoms with Crippen molar-refractivity contribution in [3.05, 3.63) is 21.6 Å². The number of hydrogen-bond acceptors (Lipinski definition) is 12. The second-order valence-corrected chi connectivity index (χ2v) is 6.42. The fourth-order valence-electron chi connectivity index (χ4n) is 2.51. The molecule has 1 aromatic carbocycles. The van der Waals surface area contributed by atoms with Gasteiger partial charge in [0.25, 0.3) is 0 Å². The summed E-state index contributed by atoms with van der Waals surface area (Å²) in [5.74, 6) is -14.1. The lowest BCUT2D eigenvalue weighted by molar-refractivity contribution is -0.312. The maximum Gasteiger partial charge on any atom is 0.306 e. The van der Waals surface area contributed by atoms with E-state index in [4.69, 9.17) is 4.74 Å². The summed E-state index contributed by atoms with van der Waals surface area (Å²) >= 11 is 0. The van der Waals surface area contributed by atoms with Gasteiger partial charge in [-0.3, -0.25) is 19.5 Å². The van der Waals surface area contributed by atoms with Gasteiger partial charge in [-0.05, 0) is 14.1 Å². The average Bonchev–Trinajstić information content (AvgIpc) is 2.89. The zero-order valence-corrected chi connectivity index (χ0v) is 15.4. The second kappa shape index (κ2) is 7.02. The molecule has 162 valence electrons. The lowest BCUT2D eigenvalue weighted by Gasteiger charge is -2.35. The van der Waals surface area contributed by atoms with Gasteiger partial charge >= 0.3 is 5.56 Å². The van der Waals surface area contributed by atoms with Gasteiger partial charge in [0.15, 0.2) is 11.5 Å². The minimum absolute atomic E-state index is 0.712. The van der Waals surface area contributed by atoms with Crippen LogP contribution in [0.2, 0.25) is 0 Å². The van der Waals surface area contributed by atoms with Crippen LogP contribution in [0.5, 0.6) is 34.5 Å². The summed E-state index contributed by atoms with van der Waals surface area (Å²) in [7, 11) is 3.55. The van der Waals surface area contributed by atoms with Gasteiger partial charge in [-0.25, -0.2) is 0 Å². The largest absolute Gasteiger partial charge is 0.504 e. The van der Waals surface area contributed by atoms with Gasteiger partial charge in [0, 0.05) is 7.05 Å². The molecular weight excluding hydrogens is 398 g/mol. The van der Waals surface area contributed by atoms with Crippen molar-refractivity contribution in [2.75, 3.05) is 20.7 Å². The Hall–Kier alpha value is -3.17. The maximum absolute atomic E-state index is 11.7. The van der Waals surface area contributed by atoms with Crippen LogP contribution in [-0.4, -0.2) is 87.3 Å². The van der Waals surface area contributed by atoms with Gasteiger partial charge in [-0.1, -0.05) is 0 Å². The number of hydrogen-bond donors (Lipinski definition) is 10. The molecule has 0 aliphatic heterocycles. The number of aryl methyl sites for hydroxylation is 1. The molecule has 2 rings (SSSR count). The minimum atomic E-state index is -3.26. The van der Waals surface area contributed by atoms with Gasteiger partial charge < -0.3 is 50.7 Å². The van der Waals surface area contributed by atoms with Crippen molar-refractivity contribution in [1.29, 1.82) is 0 Å². The van der Waals surface area contributed by atoms with Gasteiger partial charge in [0.2, 0.25) is 34.7 Å². The van der Waals surface area contributed by atoms with E-state index in [1.165, 1.54) is 14.1 Å². The molecule has 0 spiro atoms. The molecule has 10 N–H and O–H groups in total. The molecule has 1 heterocycles. The number of aromatic hydroxyl groups is 6. The number of aliphatic hydroxyl groups is 3. The Labute approximate surface area is 161 Å². The molecule has 0 saturated heterocycles. The standard InChI is InChI=1S/C15H21N3O11/c1-17(2)14(26,27)4-29-15(28,12-11(24)13(25)16-18(12)3)5-6(19)8(21)10(23)9(22)7(5)20/h19-24,26-28H,4H2,1-3H3,(H,16,25). The number of nitrogens with one attached hydrogen (secondary N) is 1. The van der Waals surface area contributed by atoms with Crippen molar-refractivity contribution in [3.63, 3.8) is 0 Å². The molecule has 29 heavy (non-hydrogen) atoms. The molecule has 0 amide bonds. The number of aromatic nitrogens is 2. The Kier molecular flexibility index (Phi) is 5.35. The smallest absolute Gasteiger partial charge is 0.306 e. The normalized spacial score (nSPS) is 14.3. The quantitative estimate of drug-likeness (QED) is 0.131. The van der Waals surface area contributed by atoms with E-state index in [9.17, 15) is 50.8 Å². The lowest BCUT2D eigenvalue weighted by Crippen LogP contribution is -2.50. The van der Waals surface area contributed by atoms with Crippen molar-refractivity contribution < 1.29 is 50.7 Å². The zero-order chi connectivity index (χ0) is 22.5. The third-order valence-corrected chi connectivity index (χ3v) is 4.27. The van der Waals surface area contributed by atoms with E-state index in [0.717, 1.165) is 11.9 Å². The summed E-state index contributed by atoms with van der Waals surface area (Å²) in [6, 6.07) is 0. The van der Waals surface area contributed by atoms with Crippen LogP contribution in [0, 0.1) is 0 Å². The van der Waals surface area contributed by atoms with Crippen molar-refractivity contribution in [1.82, 2.24) is 14.7 Å². The first-order valence-corrected chi connectivity index (χ1v) is 7.83. The fourth-order valence-corrected chi connectivity index (χ4v) is 2.51. The monoisotopic (exact) mass is 419 g/mol. The number of phenolic OH excluding ortho intramolecular Hbond substituents is 5. The molecule has 0 aliphatic rings. The van der Waals surface area contributed by atoms with E-state index in [1.54, 1.807) is 0 Å². The molecule has 0 radical (unpaired) electrons. The predicted octanol–water partition coefficient (Wildman–Crippen LogP) is -2.64. The van der Waals surface area contributed by atoms with E-state index in [-0.39, 0.29) is 0 Å². The van der Waals surface area contributed by atoms with Gasteiger partial charge in [-0.15, -0.1) is 0 Å². The minimum Gasteiger partial charge on any atom is -0.504 e. The Balaban J connectivity index is 2.85. The van der Waals surface area contributed by atoms with Crippen molar-refractivity contribution in [2.45, 2.75) is 11.7 Å². The predicted molar refractivity (Wildman–Crippen MR) is 92.3 cm³/mol. The molecule has 14 nitrogen and oxygen atoms in total. The maximum atomic E-state index is 11.7. The average molecular weight is 419 g/mol. The second-order valence-electron chi connectivity index (χ2n) is 6.42. The van der Waals surface area contributed by atoms with Crippen LogP contribution in [0.4, 0.5) is 0 Å². The van der Waals surface area contributed by atoms with Gasteiger partial charge in [0.1, 0.15) is 17.9 Å². The van der Waals surface area contributed by atoms with Gasteiger partial charge in [0.05, 0.1) is 0 Å². The molecule has 0 saturated carbocycles. The van der Waals surface area contributed by atoms with E-state index in [0.29, 0.717) is 4.68 Å². The lowest BCUT2D eigenvalue weighted by atomic mass is 9.97. The summed E-state index contributed by atoms with van der Waals surface area (Å²) in [6.45, 7) is -1.17. The number of benzene rings is 1. The highest BCUT2D eigenvalue weighted by molar-refractivity contribution is 5.69. The zero-order valence-electron chi connectivity index (χ0n) is 15.4. The number of phenols is 5. The third-order valence-electron chi connectivity index (χ3n) is 4.27. The Bertz CT molecular complexity index is 965. The van der Waals surface area contributed by atoms with Crippen molar-refractivity contribution >= 4 is 0 Å². The van der Waals surface area contributed by atoms with Crippen LogP contribution in [0.3, 0.4) is 0 Å². The highest BCUT2D eigenvalue weighted by Crippen LogP contribution is 2.56. The first kappa shape index (κ1) is 22.1. The topological polar surface area (TPSA) is 232 Å². The number of ether oxygens (including phenoxy) is 1. The van der Waals surface area contributed by atoms with Crippen LogP contribution < -0.4 is 5.56 Å². The van der Waals surface area contributed by atoms with Crippen LogP contribution in [-0.2, 0) is 17.6 Å². The van der Waals surface area contributed by atoms with Crippen molar-refractivity contribution in [2.24, 2.45) is 7.05 Å². The molecule has 1 aromatic heterocycles. The van der Waals surface area contributed by atoms with Crippen LogP contribution in [0.1, 0.15) is 11.3 Å². The number of nitrogens with zero attached hydrogens (tertiary/aromatic N) is 2. The van der Waals surface area contributed by atoms with Crippen molar-refractivity contribution in [3.8, 4) is 34.5 Å². The summed E-state index contributed by atoms with van der Waals surface area (Å²) in [6.07, 6.45) is 0. The van der Waals surface area contributed by atoms with Crippen LogP contribution >= 0.6 is 0 Å². The fraction of sp³-hybridized carbons (Fsp3) is 0.400. The number of rotatable bonds is 6. The van der Waals surface area contributed by atoms with Gasteiger partial charge in [-0.2, -0.15) is 0 Å². The third kappa shape index (κ3) is 3.39. The molecule has 1 unspecified atom stereocenters. The molecule has 2 aromatic rings. The molecule has 0 bridgehead atoms. The Morgan fingerprint density at radius 1 is 0.897 bits per heavy atom. The summed E-state index contributed by atoms with van der Waals surface area (Å²) in [5.41, 5.74) is -3.21. The first-order chi connectivity index (χ1) is 13.2. The SMILES string of the molecule is CN(C)C(O)(O)COC(O)(c1c(O)c(O)c(O)c(O)c1O)c1c(O)c(=O)[nH]n1C. The molecule has 0 aliphatic carbocycles. The highest BCUT2D eigenvalue weighted by Gasteiger charge is 2.48. The Morgan fingerprint density at radius 3 is 1.72 bits per heavy atom. The Morgan fingerprint density at radius 2 is 1.34 bits per heavy atom. The summed E-state index contributed by atoms with van der Waals surface area (Å²) in [5, 5.41) is 92.5. The van der Waals surface area contributed by atoms with E-state index >= 15 is 0 Å². The molecular formula is C15H21N3O11. The number of likely N-dealkylation sites (N-methyl/N-ethyl adjacent to an activating group) is 1.